The second kappa shape index (κ2) is 5.52. The molecule has 3 nitrogen and oxygen atoms in total. The molecule has 0 aliphatic heterocycles. The lowest BCUT2D eigenvalue weighted by molar-refractivity contribution is -0.140. The molecule has 1 aromatic heterocycles. The molecule has 0 saturated carbocycles. The number of pyridine rings is 1. The van der Waals surface area contributed by atoms with Crippen molar-refractivity contribution in [2.75, 3.05) is 5.32 Å². The van der Waals surface area contributed by atoms with Crippen LogP contribution in [0.15, 0.2) is 66.9 Å². The minimum Gasteiger partial charge on any atom is -0.319 e. The maximum Gasteiger partial charge on any atom is 0.350 e. The van der Waals surface area contributed by atoms with Gasteiger partial charge in [-0.3, -0.25) is 9.78 Å². The molecule has 2 aromatic carbocycles. The minimum absolute atomic E-state index is 0.263. The van der Waals surface area contributed by atoms with Gasteiger partial charge in [0.15, 0.2) is 0 Å². The summed E-state index contributed by atoms with van der Waals surface area (Å²) >= 11 is 0. The maximum absolute atomic E-state index is 14.2. The SMILES string of the molecule is O=C(Nc1cccc2cccnc12)C(F)(F)c1ccccc1. The first-order valence-electron chi connectivity index (χ1n) is 6.67. The summed E-state index contributed by atoms with van der Waals surface area (Å²) in [7, 11) is 0. The number of halogens is 2. The van der Waals surface area contributed by atoms with E-state index in [0.29, 0.717) is 5.52 Å². The quantitative estimate of drug-likeness (QED) is 0.795. The molecule has 0 aliphatic rings. The van der Waals surface area contributed by atoms with E-state index in [1.54, 1.807) is 42.6 Å². The first-order valence-corrected chi connectivity index (χ1v) is 6.67. The molecular weight excluding hydrogens is 286 g/mol. The highest BCUT2D eigenvalue weighted by atomic mass is 19.3. The van der Waals surface area contributed by atoms with E-state index in [1.165, 1.54) is 24.3 Å². The number of amides is 1. The fourth-order valence-corrected chi connectivity index (χ4v) is 2.18. The van der Waals surface area contributed by atoms with E-state index >= 15 is 0 Å². The Balaban J connectivity index is 1.93. The third-order valence-electron chi connectivity index (χ3n) is 3.30. The molecule has 3 aromatic rings. The summed E-state index contributed by atoms with van der Waals surface area (Å²) in [5.74, 6) is -4.99. The van der Waals surface area contributed by atoms with E-state index in [1.807, 2.05) is 0 Å². The van der Waals surface area contributed by atoms with Gasteiger partial charge in [-0.05, 0) is 12.1 Å². The Morgan fingerprint density at radius 3 is 2.45 bits per heavy atom. The fraction of sp³-hybridized carbons (Fsp3) is 0.0588. The molecule has 1 heterocycles. The number of fused-ring (bicyclic) bond motifs is 1. The lowest BCUT2D eigenvalue weighted by Gasteiger charge is -2.16. The Kier molecular flexibility index (Phi) is 3.55. The largest absolute Gasteiger partial charge is 0.350 e. The Bertz CT molecular complexity index is 814. The molecule has 0 saturated heterocycles. The number of anilines is 1. The van der Waals surface area contributed by atoms with Crippen molar-refractivity contribution in [2.45, 2.75) is 5.92 Å². The van der Waals surface area contributed by atoms with Crippen LogP contribution in [-0.2, 0) is 10.7 Å². The molecule has 0 radical (unpaired) electrons. The van der Waals surface area contributed by atoms with Gasteiger partial charge in [0.25, 0.3) is 5.91 Å². The average Bonchev–Trinajstić information content (AvgIpc) is 2.56. The average molecular weight is 298 g/mol. The molecule has 0 fully saturated rings. The van der Waals surface area contributed by atoms with Gasteiger partial charge in [-0.2, -0.15) is 8.78 Å². The van der Waals surface area contributed by atoms with Gasteiger partial charge in [-0.15, -0.1) is 0 Å². The van der Waals surface area contributed by atoms with Gasteiger partial charge >= 0.3 is 5.92 Å². The Labute approximate surface area is 125 Å². The zero-order valence-corrected chi connectivity index (χ0v) is 11.5. The summed E-state index contributed by atoms with van der Waals surface area (Å²) < 4.78 is 28.4. The zero-order valence-electron chi connectivity index (χ0n) is 11.5. The van der Waals surface area contributed by atoms with Gasteiger partial charge in [0.05, 0.1) is 11.2 Å². The Morgan fingerprint density at radius 2 is 1.68 bits per heavy atom. The molecule has 0 spiro atoms. The van der Waals surface area contributed by atoms with Crippen LogP contribution in [0.3, 0.4) is 0 Å². The summed E-state index contributed by atoms with van der Waals surface area (Å²) in [6, 6.07) is 15.6. The van der Waals surface area contributed by atoms with E-state index in [0.717, 1.165) is 5.39 Å². The van der Waals surface area contributed by atoms with Gasteiger partial charge in [0.1, 0.15) is 0 Å². The van der Waals surface area contributed by atoms with Crippen molar-refractivity contribution in [3.63, 3.8) is 0 Å². The molecule has 22 heavy (non-hydrogen) atoms. The van der Waals surface area contributed by atoms with Gasteiger partial charge in [0.2, 0.25) is 0 Å². The van der Waals surface area contributed by atoms with Gasteiger partial charge < -0.3 is 5.32 Å². The predicted octanol–water partition coefficient (Wildman–Crippen LogP) is 3.97. The molecule has 1 N–H and O–H groups in total. The molecule has 0 unspecified atom stereocenters. The highest BCUT2D eigenvalue weighted by Gasteiger charge is 2.40. The second-order valence-corrected chi connectivity index (χ2v) is 4.78. The van der Waals surface area contributed by atoms with Crippen LogP contribution in [0.2, 0.25) is 0 Å². The van der Waals surface area contributed by atoms with E-state index in [4.69, 9.17) is 0 Å². The number of rotatable bonds is 3. The Morgan fingerprint density at radius 1 is 0.955 bits per heavy atom. The van der Waals surface area contributed by atoms with Crippen LogP contribution in [0.5, 0.6) is 0 Å². The number of aromatic nitrogens is 1. The van der Waals surface area contributed by atoms with Gasteiger partial charge in [0, 0.05) is 17.1 Å². The second-order valence-electron chi connectivity index (χ2n) is 4.78. The maximum atomic E-state index is 14.2. The molecule has 0 aliphatic carbocycles. The Hall–Kier alpha value is -2.82. The summed E-state index contributed by atoms with van der Waals surface area (Å²) in [4.78, 5) is 16.1. The highest BCUT2D eigenvalue weighted by molar-refractivity contribution is 6.03. The zero-order chi connectivity index (χ0) is 15.6. The monoisotopic (exact) mass is 298 g/mol. The number of carbonyl (C=O) groups excluding carboxylic acids is 1. The third kappa shape index (κ3) is 2.53. The molecular formula is C17H12F2N2O. The first kappa shape index (κ1) is 14.1. The summed E-state index contributed by atoms with van der Waals surface area (Å²) in [6.45, 7) is 0. The minimum atomic E-state index is -3.61. The van der Waals surface area contributed by atoms with Crippen LogP contribution in [-0.4, -0.2) is 10.9 Å². The predicted molar refractivity (Wildman–Crippen MR) is 80.7 cm³/mol. The summed E-state index contributed by atoms with van der Waals surface area (Å²) in [5, 5.41) is 3.04. The summed E-state index contributed by atoms with van der Waals surface area (Å²) in [6.07, 6.45) is 1.55. The van der Waals surface area contributed by atoms with Crippen molar-refractivity contribution in [3.05, 3.63) is 72.4 Å². The van der Waals surface area contributed by atoms with Crippen molar-refractivity contribution in [1.29, 1.82) is 0 Å². The lowest BCUT2D eigenvalue weighted by Crippen LogP contribution is -2.32. The number of alkyl halides is 2. The molecule has 3 rings (SSSR count). The van der Waals surface area contributed by atoms with Crippen LogP contribution >= 0.6 is 0 Å². The van der Waals surface area contributed by atoms with Crippen molar-refractivity contribution < 1.29 is 13.6 Å². The normalized spacial score (nSPS) is 11.4. The van der Waals surface area contributed by atoms with Crippen LogP contribution in [0.1, 0.15) is 5.56 Å². The standard InChI is InChI=1S/C17H12F2N2O/c18-17(19,13-8-2-1-3-9-13)16(22)21-14-10-4-6-12-7-5-11-20-15(12)14/h1-11H,(H,21,22). The number of nitrogens with zero attached hydrogens (tertiary/aromatic N) is 1. The third-order valence-corrected chi connectivity index (χ3v) is 3.30. The van der Waals surface area contributed by atoms with Crippen molar-refractivity contribution in [2.24, 2.45) is 0 Å². The summed E-state index contributed by atoms with van der Waals surface area (Å²) in [5.41, 5.74) is 0.390. The van der Waals surface area contributed by atoms with Crippen LogP contribution in [0.4, 0.5) is 14.5 Å². The number of carbonyl (C=O) groups is 1. The molecule has 1 amide bonds. The van der Waals surface area contributed by atoms with E-state index in [2.05, 4.69) is 10.3 Å². The first-order chi connectivity index (χ1) is 10.6. The van der Waals surface area contributed by atoms with Gasteiger partial charge in [-0.25, -0.2) is 0 Å². The topological polar surface area (TPSA) is 42.0 Å². The molecule has 5 heteroatoms. The van der Waals surface area contributed by atoms with E-state index < -0.39 is 11.8 Å². The number of benzene rings is 2. The van der Waals surface area contributed by atoms with Gasteiger partial charge in [-0.1, -0.05) is 48.5 Å². The fourth-order valence-electron chi connectivity index (χ4n) is 2.18. The van der Waals surface area contributed by atoms with Crippen LogP contribution in [0, 0.1) is 0 Å². The smallest absolute Gasteiger partial charge is 0.319 e. The van der Waals surface area contributed by atoms with Crippen LogP contribution < -0.4 is 5.32 Å². The van der Waals surface area contributed by atoms with Crippen molar-refractivity contribution >= 4 is 22.5 Å². The lowest BCUT2D eigenvalue weighted by atomic mass is 10.1. The number of hydrogen-bond donors (Lipinski definition) is 1. The van der Waals surface area contributed by atoms with E-state index in [-0.39, 0.29) is 11.3 Å². The number of hydrogen-bond acceptors (Lipinski definition) is 2. The number of para-hydroxylation sites is 1. The molecule has 110 valence electrons. The molecule has 0 bridgehead atoms. The van der Waals surface area contributed by atoms with Crippen molar-refractivity contribution in [3.8, 4) is 0 Å². The van der Waals surface area contributed by atoms with Crippen molar-refractivity contribution in [1.82, 2.24) is 4.98 Å². The van der Waals surface area contributed by atoms with Crippen LogP contribution in [0.25, 0.3) is 10.9 Å². The molecule has 0 atom stereocenters. The highest BCUT2D eigenvalue weighted by Crippen LogP contribution is 2.30. The number of nitrogens with one attached hydrogen (secondary N) is 1. The van der Waals surface area contributed by atoms with E-state index in [9.17, 15) is 13.6 Å².